The van der Waals surface area contributed by atoms with E-state index in [4.69, 9.17) is 0 Å². The zero-order chi connectivity index (χ0) is 45.0. The second kappa shape index (κ2) is 22.7. The predicted octanol–water partition coefficient (Wildman–Crippen LogP) is 4.28. The second-order valence-corrected chi connectivity index (χ2v) is 18.9. The maximum atomic E-state index is 12.6. The van der Waals surface area contributed by atoms with Gasteiger partial charge in [-0.25, -0.2) is 0 Å². The van der Waals surface area contributed by atoms with Gasteiger partial charge in [-0.2, -0.15) is 10.5 Å². The first kappa shape index (κ1) is 46.9. The van der Waals surface area contributed by atoms with Gasteiger partial charge in [-0.15, -0.1) is 0 Å². The topological polar surface area (TPSA) is 151 Å². The third-order valence-electron chi connectivity index (χ3n) is 13.6. The number of nitriles is 2. The zero-order valence-electron chi connectivity index (χ0n) is 38.5. The van der Waals surface area contributed by atoms with Crippen LogP contribution in [0, 0.1) is 34.5 Å². The molecule has 0 saturated carbocycles. The fourth-order valence-electron chi connectivity index (χ4n) is 10.3. The molecule has 4 aromatic rings. The van der Waals surface area contributed by atoms with Crippen LogP contribution in [0.3, 0.4) is 0 Å². The molecule has 2 amide bonds. The number of fused-ring (bicyclic) bond motifs is 2. The van der Waals surface area contributed by atoms with Crippen LogP contribution in [0.4, 0.5) is 0 Å². The molecule has 2 aromatic carbocycles. The molecule has 0 spiro atoms. The lowest BCUT2D eigenvalue weighted by atomic mass is 9.83. The Labute approximate surface area is 383 Å². The molecule has 4 saturated heterocycles. The van der Waals surface area contributed by atoms with Crippen LogP contribution in [-0.4, -0.2) is 183 Å². The van der Waals surface area contributed by atoms with Crippen molar-refractivity contribution in [1.29, 1.82) is 10.5 Å². The summed E-state index contributed by atoms with van der Waals surface area (Å²) >= 11 is 0. The van der Waals surface area contributed by atoms with Crippen LogP contribution in [0.25, 0.3) is 21.8 Å². The fourth-order valence-corrected chi connectivity index (χ4v) is 10.3. The molecule has 0 unspecified atom stereocenters. The summed E-state index contributed by atoms with van der Waals surface area (Å²) in [5.41, 5.74) is 5.26. The van der Waals surface area contributed by atoms with Crippen molar-refractivity contribution >= 4 is 33.6 Å². The van der Waals surface area contributed by atoms with Gasteiger partial charge < -0.3 is 20.4 Å². The van der Waals surface area contributed by atoms with Gasteiger partial charge in [0, 0.05) is 131 Å². The van der Waals surface area contributed by atoms with Crippen molar-refractivity contribution in [2.24, 2.45) is 11.8 Å². The number of hydrogen-bond acceptors (Lipinski definition) is 12. The maximum Gasteiger partial charge on any atom is 0.234 e. The molecule has 14 nitrogen and oxygen atoms in total. The van der Waals surface area contributed by atoms with Crippen LogP contribution in [0.2, 0.25) is 0 Å². The lowest BCUT2D eigenvalue weighted by Gasteiger charge is -2.37. The summed E-state index contributed by atoms with van der Waals surface area (Å²) < 4.78 is 0. The van der Waals surface area contributed by atoms with Crippen molar-refractivity contribution in [2.75, 3.05) is 132 Å². The molecule has 8 rings (SSSR count). The van der Waals surface area contributed by atoms with Crippen molar-refractivity contribution in [3.8, 4) is 12.1 Å². The minimum atomic E-state index is 0. The minimum absolute atomic E-state index is 0. The highest BCUT2D eigenvalue weighted by Gasteiger charge is 2.30. The summed E-state index contributed by atoms with van der Waals surface area (Å²) in [6.45, 7) is 20.9. The molecule has 4 aliphatic rings. The van der Waals surface area contributed by atoms with E-state index in [2.05, 4.69) is 114 Å². The Kier molecular flexibility index (Phi) is 16.7. The Morgan fingerprint density at radius 1 is 0.609 bits per heavy atom. The fraction of sp³-hybridized carbons (Fsp3) is 0.560. The zero-order valence-corrected chi connectivity index (χ0v) is 38.5. The SMILES string of the molecule is C[C@@H]1C[C@@H](c2ccc(C#N)c3ncccc23)CN(CC(=O)NCCN2CCN(C)CC2)C1.C[C@@H]1C[C@H](c2ccc(C#N)c3ncccc23)CN(CC(=O)NCCN2CCN(C)CC2)C1.[HH].[HH]. The number of pyridine rings is 2. The van der Waals surface area contributed by atoms with E-state index in [1.807, 2.05) is 24.3 Å². The monoisotopic (exact) mass is 873 g/mol. The first-order chi connectivity index (χ1) is 31.1. The van der Waals surface area contributed by atoms with E-state index < -0.39 is 0 Å². The average Bonchev–Trinajstić information content (AvgIpc) is 3.29. The first-order valence-electron chi connectivity index (χ1n) is 23.4. The summed E-state index contributed by atoms with van der Waals surface area (Å²) in [6.07, 6.45) is 5.65. The van der Waals surface area contributed by atoms with Crippen molar-refractivity contribution in [2.45, 2.75) is 38.5 Å². The van der Waals surface area contributed by atoms with Crippen LogP contribution >= 0.6 is 0 Å². The Hall–Kier alpha value is -5.06. The Morgan fingerprint density at radius 3 is 1.41 bits per heavy atom. The van der Waals surface area contributed by atoms with Crippen molar-refractivity contribution in [3.05, 3.63) is 83.2 Å². The molecule has 0 aliphatic carbocycles. The van der Waals surface area contributed by atoms with Gasteiger partial charge in [-0.05, 0) is 86.0 Å². The standard InChI is InChI=1S/2C25H34N6O.2H2/c2*1-19-14-21(22-6-5-20(15-26)25-23(22)4-3-7-28-25)17-31(16-19)18-24(32)27-8-9-30-12-10-29(2)11-13-30;;/h2*3-7,19,21H,8-14,16-18H2,1-2H3,(H,27,32);2*1H/t19-,21+;19-,21-;;/m11../s1. The van der Waals surface area contributed by atoms with E-state index in [9.17, 15) is 20.1 Å². The lowest BCUT2D eigenvalue weighted by molar-refractivity contribution is -0.123. The average molecular weight is 873 g/mol. The first-order valence-corrected chi connectivity index (χ1v) is 23.4. The Morgan fingerprint density at radius 2 is 1.02 bits per heavy atom. The highest BCUT2D eigenvalue weighted by atomic mass is 16.2. The summed E-state index contributed by atoms with van der Waals surface area (Å²) in [5, 5.41) is 27.2. The molecule has 0 bridgehead atoms. The van der Waals surface area contributed by atoms with Gasteiger partial charge in [0.1, 0.15) is 12.1 Å². The molecule has 4 atom stereocenters. The van der Waals surface area contributed by atoms with E-state index in [1.165, 1.54) is 11.1 Å². The summed E-state index contributed by atoms with van der Waals surface area (Å²) in [6, 6.07) is 20.5. The van der Waals surface area contributed by atoms with Gasteiger partial charge >= 0.3 is 0 Å². The number of nitrogens with zero attached hydrogens (tertiary/aromatic N) is 10. The number of benzene rings is 2. The largest absolute Gasteiger partial charge is 0.354 e. The number of likely N-dealkylation sites (tertiary alicyclic amines) is 2. The summed E-state index contributed by atoms with van der Waals surface area (Å²) in [5.74, 6) is 1.90. The van der Waals surface area contributed by atoms with Crippen LogP contribution in [-0.2, 0) is 9.59 Å². The third-order valence-corrected chi connectivity index (χ3v) is 13.6. The van der Waals surface area contributed by atoms with Crippen LogP contribution < -0.4 is 10.6 Å². The number of carbonyl (C=O) groups excluding carboxylic acids is 2. The Bertz CT molecular complexity index is 2130. The lowest BCUT2D eigenvalue weighted by Crippen LogP contribution is -2.48. The quantitative estimate of drug-likeness (QED) is 0.209. The van der Waals surface area contributed by atoms with E-state index in [-0.39, 0.29) is 14.7 Å². The van der Waals surface area contributed by atoms with E-state index in [0.29, 0.717) is 61.0 Å². The summed E-state index contributed by atoms with van der Waals surface area (Å²) in [7, 11) is 4.31. The van der Waals surface area contributed by atoms with Crippen molar-refractivity contribution < 1.29 is 12.4 Å². The summed E-state index contributed by atoms with van der Waals surface area (Å²) in [4.78, 5) is 48.3. The van der Waals surface area contributed by atoms with Crippen LogP contribution in [0.1, 0.15) is 63.6 Å². The molecule has 6 heterocycles. The molecule has 2 aromatic heterocycles. The highest BCUT2D eigenvalue weighted by molar-refractivity contribution is 5.88. The number of hydrogen-bond donors (Lipinski definition) is 2. The third kappa shape index (κ3) is 12.6. The molecule has 64 heavy (non-hydrogen) atoms. The van der Waals surface area contributed by atoms with E-state index >= 15 is 0 Å². The maximum absolute atomic E-state index is 12.6. The number of nitrogens with one attached hydrogen (secondary N) is 2. The van der Waals surface area contributed by atoms with Crippen LogP contribution in [0.15, 0.2) is 60.9 Å². The van der Waals surface area contributed by atoms with Gasteiger partial charge in [0.05, 0.1) is 35.2 Å². The number of likely N-dealkylation sites (N-methyl/N-ethyl adjacent to an activating group) is 2. The van der Waals surface area contributed by atoms with Crippen molar-refractivity contribution in [1.82, 2.24) is 50.0 Å². The van der Waals surface area contributed by atoms with E-state index in [1.54, 1.807) is 12.4 Å². The molecule has 14 heteroatoms. The minimum Gasteiger partial charge on any atom is -0.354 e. The molecular formula is C50H72N12O2. The van der Waals surface area contributed by atoms with Gasteiger partial charge in [-0.3, -0.25) is 39.2 Å². The molecule has 4 aliphatic heterocycles. The molecular weight excluding hydrogens is 801 g/mol. The number of rotatable bonds is 12. The Balaban J connectivity index is 0.000000240. The van der Waals surface area contributed by atoms with Gasteiger partial charge in [0.25, 0.3) is 0 Å². The molecule has 4 fully saturated rings. The smallest absolute Gasteiger partial charge is 0.234 e. The molecule has 0 radical (unpaired) electrons. The van der Waals surface area contributed by atoms with Gasteiger partial charge in [0.15, 0.2) is 0 Å². The van der Waals surface area contributed by atoms with Gasteiger partial charge in [0.2, 0.25) is 11.8 Å². The molecule has 2 N–H and O–H groups in total. The number of carbonyl (C=O) groups is 2. The van der Waals surface area contributed by atoms with E-state index in [0.717, 1.165) is 126 Å². The number of piperazine rings is 2. The number of aromatic nitrogens is 2. The van der Waals surface area contributed by atoms with Gasteiger partial charge in [-0.1, -0.05) is 38.1 Å². The number of piperidine rings is 2. The van der Waals surface area contributed by atoms with Crippen molar-refractivity contribution in [3.63, 3.8) is 0 Å². The van der Waals surface area contributed by atoms with Crippen LogP contribution in [0.5, 0.6) is 0 Å². The second-order valence-electron chi connectivity index (χ2n) is 18.9. The molecule has 344 valence electrons. The predicted molar refractivity (Wildman–Crippen MR) is 257 cm³/mol. The highest BCUT2D eigenvalue weighted by Crippen LogP contribution is 2.36. The normalized spacial score (nSPS) is 23.2. The number of amides is 2.